The molecule has 0 bridgehead atoms. The highest BCUT2D eigenvalue weighted by Crippen LogP contribution is 2.19. The molecule has 1 amide bonds. The highest BCUT2D eigenvalue weighted by atomic mass is 32.2. The van der Waals surface area contributed by atoms with Gasteiger partial charge in [0.1, 0.15) is 0 Å². The molecule has 1 aromatic heterocycles. The second-order valence-electron chi connectivity index (χ2n) is 7.30. The van der Waals surface area contributed by atoms with Gasteiger partial charge >= 0.3 is 0 Å². The van der Waals surface area contributed by atoms with Gasteiger partial charge in [-0.3, -0.25) is 4.79 Å². The SMILES string of the molecule is CC(C)(CC(=O)N1CCN(c2ccccc2)CC1)NS(=O)(=O)c1ccco1. The fourth-order valence-electron chi connectivity index (χ4n) is 3.21. The summed E-state index contributed by atoms with van der Waals surface area (Å²) in [5, 5.41) is -0.153. The highest BCUT2D eigenvalue weighted by Gasteiger charge is 2.32. The first kappa shape index (κ1) is 19.4. The lowest BCUT2D eigenvalue weighted by Crippen LogP contribution is -2.52. The summed E-state index contributed by atoms with van der Waals surface area (Å²) in [4.78, 5) is 16.7. The highest BCUT2D eigenvalue weighted by molar-refractivity contribution is 7.89. The monoisotopic (exact) mass is 391 g/mol. The summed E-state index contributed by atoms with van der Waals surface area (Å²) in [5.74, 6) is -0.0603. The number of amides is 1. The second kappa shape index (κ2) is 7.74. The van der Waals surface area contributed by atoms with Crippen LogP contribution < -0.4 is 9.62 Å². The molecule has 8 heteroatoms. The molecule has 0 saturated carbocycles. The molecule has 3 rings (SSSR count). The van der Waals surface area contributed by atoms with E-state index in [4.69, 9.17) is 4.42 Å². The summed E-state index contributed by atoms with van der Waals surface area (Å²) < 4.78 is 32.2. The van der Waals surface area contributed by atoms with Crippen molar-refractivity contribution in [2.45, 2.75) is 30.9 Å². The predicted octanol–water partition coefficient (Wildman–Crippen LogP) is 2.08. The molecular formula is C19H25N3O4S. The third-order valence-corrected chi connectivity index (χ3v) is 6.10. The van der Waals surface area contributed by atoms with Crippen molar-refractivity contribution >= 4 is 21.6 Å². The number of hydrogen-bond acceptors (Lipinski definition) is 5. The van der Waals surface area contributed by atoms with E-state index in [0.717, 1.165) is 18.8 Å². The van der Waals surface area contributed by atoms with E-state index in [1.807, 2.05) is 18.2 Å². The van der Waals surface area contributed by atoms with Crippen molar-refractivity contribution in [3.63, 3.8) is 0 Å². The van der Waals surface area contributed by atoms with E-state index in [1.165, 1.54) is 18.4 Å². The molecule has 1 saturated heterocycles. The molecule has 1 fully saturated rings. The summed E-state index contributed by atoms with van der Waals surface area (Å²) >= 11 is 0. The van der Waals surface area contributed by atoms with Crippen LogP contribution in [0.3, 0.4) is 0 Å². The standard InChI is InChI=1S/C19H25N3O4S/c1-19(2,20-27(24,25)18-9-6-14-26-18)15-17(23)22-12-10-21(11-13-22)16-7-4-3-5-8-16/h3-9,14,20H,10-13,15H2,1-2H3. The Hall–Kier alpha value is -2.32. The van der Waals surface area contributed by atoms with Crippen LogP contribution >= 0.6 is 0 Å². The Kier molecular flexibility index (Phi) is 5.57. The number of nitrogens with one attached hydrogen (secondary N) is 1. The van der Waals surface area contributed by atoms with Gasteiger partial charge in [0, 0.05) is 43.8 Å². The summed E-state index contributed by atoms with van der Waals surface area (Å²) in [7, 11) is -3.79. The number of carbonyl (C=O) groups is 1. The van der Waals surface area contributed by atoms with Crippen molar-refractivity contribution in [3.05, 3.63) is 48.7 Å². The smallest absolute Gasteiger partial charge is 0.274 e. The van der Waals surface area contributed by atoms with Crippen molar-refractivity contribution in [1.82, 2.24) is 9.62 Å². The Morgan fingerprint density at radius 2 is 1.74 bits per heavy atom. The quantitative estimate of drug-likeness (QED) is 0.815. The first-order chi connectivity index (χ1) is 12.8. The van der Waals surface area contributed by atoms with Crippen LogP contribution in [0.15, 0.2) is 58.2 Å². The number of benzene rings is 1. The molecule has 0 radical (unpaired) electrons. The van der Waals surface area contributed by atoms with Gasteiger partial charge in [0.05, 0.1) is 6.26 Å². The minimum Gasteiger partial charge on any atom is -0.452 e. The lowest BCUT2D eigenvalue weighted by atomic mass is 10.0. The van der Waals surface area contributed by atoms with Crippen LogP contribution in [0, 0.1) is 0 Å². The normalized spacial score (nSPS) is 15.8. The van der Waals surface area contributed by atoms with E-state index in [0.29, 0.717) is 13.1 Å². The van der Waals surface area contributed by atoms with Crippen molar-refractivity contribution in [3.8, 4) is 0 Å². The topological polar surface area (TPSA) is 82.9 Å². The van der Waals surface area contributed by atoms with Crippen LogP contribution in [0.5, 0.6) is 0 Å². The van der Waals surface area contributed by atoms with Crippen LogP contribution in [-0.2, 0) is 14.8 Å². The molecule has 2 aromatic rings. The largest absolute Gasteiger partial charge is 0.452 e. The summed E-state index contributed by atoms with van der Waals surface area (Å²) in [6.07, 6.45) is 1.39. The first-order valence-electron chi connectivity index (χ1n) is 8.92. The van der Waals surface area contributed by atoms with Crippen LogP contribution in [0.1, 0.15) is 20.3 Å². The van der Waals surface area contributed by atoms with Crippen LogP contribution in [-0.4, -0.2) is 50.9 Å². The molecular weight excluding hydrogens is 366 g/mol. The van der Waals surface area contributed by atoms with Gasteiger partial charge < -0.3 is 14.2 Å². The van der Waals surface area contributed by atoms with Crippen molar-refractivity contribution < 1.29 is 17.6 Å². The van der Waals surface area contributed by atoms with Crippen LogP contribution in [0.25, 0.3) is 0 Å². The number of anilines is 1. The molecule has 1 aromatic carbocycles. The molecule has 1 N–H and O–H groups in total. The number of carbonyl (C=O) groups excluding carboxylic acids is 1. The third-order valence-electron chi connectivity index (χ3n) is 4.52. The lowest BCUT2D eigenvalue weighted by Gasteiger charge is -2.37. The van der Waals surface area contributed by atoms with E-state index >= 15 is 0 Å². The van der Waals surface area contributed by atoms with Gasteiger partial charge in [0.25, 0.3) is 10.0 Å². The number of sulfonamides is 1. The molecule has 146 valence electrons. The molecule has 1 aliphatic rings. The Morgan fingerprint density at radius 3 is 2.33 bits per heavy atom. The van der Waals surface area contributed by atoms with Crippen LogP contribution in [0.2, 0.25) is 0 Å². The molecule has 7 nitrogen and oxygen atoms in total. The summed E-state index contributed by atoms with van der Waals surface area (Å²) in [6, 6.07) is 13.0. The molecule has 1 aliphatic heterocycles. The summed E-state index contributed by atoms with van der Waals surface area (Å²) in [6.45, 7) is 6.16. The Balaban J connectivity index is 1.56. The number of piperazine rings is 1. The molecule has 0 aliphatic carbocycles. The number of hydrogen-bond donors (Lipinski definition) is 1. The second-order valence-corrected chi connectivity index (χ2v) is 8.91. The summed E-state index contributed by atoms with van der Waals surface area (Å²) in [5.41, 5.74) is 0.232. The first-order valence-corrected chi connectivity index (χ1v) is 10.4. The average molecular weight is 391 g/mol. The van der Waals surface area contributed by atoms with Crippen LogP contribution in [0.4, 0.5) is 5.69 Å². The van der Waals surface area contributed by atoms with Gasteiger partial charge in [-0.05, 0) is 38.1 Å². The average Bonchev–Trinajstić information content (AvgIpc) is 3.17. The minimum absolute atomic E-state index is 0.0603. The van der Waals surface area contributed by atoms with E-state index in [1.54, 1.807) is 18.7 Å². The third kappa shape index (κ3) is 4.90. The zero-order chi connectivity index (χ0) is 19.5. The van der Waals surface area contributed by atoms with Crippen molar-refractivity contribution in [2.75, 3.05) is 31.1 Å². The van der Waals surface area contributed by atoms with E-state index in [9.17, 15) is 13.2 Å². The van der Waals surface area contributed by atoms with E-state index in [2.05, 4.69) is 21.8 Å². The fourth-order valence-corrected chi connectivity index (χ4v) is 4.55. The Morgan fingerprint density at radius 1 is 1.07 bits per heavy atom. The van der Waals surface area contributed by atoms with E-state index < -0.39 is 15.6 Å². The molecule has 0 spiro atoms. The Labute approximate surface area is 160 Å². The number of para-hydroxylation sites is 1. The molecule has 2 heterocycles. The predicted molar refractivity (Wildman–Crippen MR) is 103 cm³/mol. The van der Waals surface area contributed by atoms with Crippen molar-refractivity contribution in [1.29, 1.82) is 0 Å². The maximum Gasteiger partial charge on any atom is 0.274 e. The van der Waals surface area contributed by atoms with Gasteiger partial charge in [-0.1, -0.05) is 18.2 Å². The number of furan rings is 1. The van der Waals surface area contributed by atoms with Crippen molar-refractivity contribution in [2.24, 2.45) is 0 Å². The molecule has 0 unspecified atom stereocenters. The zero-order valence-corrected chi connectivity index (χ0v) is 16.4. The van der Waals surface area contributed by atoms with Gasteiger partial charge in [-0.15, -0.1) is 0 Å². The minimum atomic E-state index is -3.79. The number of rotatable bonds is 6. The van der Waals surface area contributed by atoms with Gasteiger partial charge in [-0.25, -0.2) is 13.1 Å². The number of nitrogens with zero attached hydrogens (tertiary/aromatic N) is 2. The van der Waals surface area contributed by atoms with Gasteiger partial charge in [0.15, 0.2) is 0 Å². The molecule has 0 atom stereocenters. The Bertz CT molecular complexity index is 856. The van der Waals surface area contributed by atoms with E-state index in [-0.39, 0.29) is 17.4 Å². The molecule has 27 heavy (non-hydrogen) atoms. The van der Waals surface area contributed by atoms with Gasteiger partial charge in [0.2, 0.25) is 11.0 Å². The lowest BCUT2D eigenvalue weighted by molar-refractivity contribution is -0.132. The fraction of sp³-hybridized carbons (Fsp3) is 0.421. The zero-order valence-electron chi connectivity index (χ0n) is 15.6. The maximum atomic E-state index is 12.7. The van der Waals surface area contributed by atoms with Gasteiger partial charge in [-0.2, -0.15) is 0 Å². The maximum absolute atomic E-state index is 12.7.